The molecule has 0 unspecified atom stereocenters. The van der Waals surface area contributed by atoms with Crippen molar-refractivity contribution in [2.24, 2.45) is 5.92 Å². The number of hydrogen-bond donors (Lipinski definition) is 1. The number of hydrogen-bond acceptors (Lipinski definition) is 2. The molecule has 0 aliphatic heterocycles. The Morgan fingerprint density at radius 2 is 1.89 bits per heavy atom. The smallest absolute Gasteiger partial charge is 0.271 e. The largest absolute Gasteiger partial charge is 0.354 e. The highest BCUT2D eigenvalue weighted by Crippen LogP contribution is 2.36. The molecule has 0 saturated heterocycles. The number of carbonyl (C=O) groups is 1. The Balaban J connectivity index is 1.98. The van der Waals surface area contributed by atoms with E-state index in [1.807, 2.05) is 48.5 Å². The maximum Gasteiger partial charge on any atom is 0.271 e. The first-order chi connectivity index (χ1) is 13.1. The van der Waals surface area contributed by atoms with Gasteiger partial charge in [-0.2, -0.15) is 0 Å². The van der Waals surface area contributed by atoms with Gasteiger partial charge in [-0.25, -0.2) is 4.98 Å². The van der Waals surface area contributed by atoms with Crippen LogP contribution in [-0.2, 0) is 6.42 Å². The third kappa shape index (κ3) is 3.73. The van der Waals surface area contributed by atoms with E-state index in [0.29, 0.717) is 21.7 Å². The van der Waals surface area contributed by atoms with Crippen LogP contribution in [0.15, 0.2) is 48.5 Å². The third-order valence-corrected chi connectivity index (χ3v) is 5.23. The van der Waals surface area contributed by atoms with Crippen LogP contribution in [0.25, 0.3) is 16.9 Å². The average Bonchev–Trinajstić information content (AvgIpc) is 3.40. The second-order valence-corrected chi connectivity index (χ2v) is 7.65. The van der Waals surface area contributed by atoms with Crippen molar-refractivity contribution in [1.29, 1.82) is 0 Å². The lowest BCUT2D eigenvalue weighted by Gasteiger charge is -2.13. The molecule has 1 saturated carbocycles. The van der Waals surface area contributed by atoms with E-state index in [4.69, 9.17) is 28.2 Å². The zero-order valence-corrected chi connectivity index (χ0v) is 16.4. The highest BCUT2D eigenvalue weighted by molar-refractivity contribution is 6.31. The van der Waals surface area contributed by atoms with Crippen LogP contribution in [0.4, 0.5) is 0 Å². The Morgan fingerprint density at radius 3 is 2.52 bits per heavy atom. The average molecular weight is 400 g/mol. The zero-order valence-electron chi connectivity index (χ0n) is 14.9. The molecule has 0 spiro atoms. The van der Waals surface area contributed by atoms with E-state index in [0.717, 1.165) is 29.2 Å². The Labute approximate surface area is 168 Å². The van der Waals surface area contributed by atoms with Crippen molar-refractivity contribution in [3.05, 3.63) is 70.1 Å². The molecular formula is C21H19Cl2N3O. The summed E-state index contributed by atoms with van der Waals surface area (Å²) < 4.78 is 2.06. The molecule has 6 heteroatoms. The quantitative estimate of drug-likeness (QED) is 0.643. The normalized spacial score (nSPS) is 13.6. The van der Waals surface area contributed by atoms with Crippen LogP contribution in [0.5, 0.6) is 0 Å². The summed E-state index contributed by atoms with van der Waals surface area (Å²) in [5, 5.41) is 3.99. The molecule has 3 aromatic rings. The lowest BCUT2D eigenvalue weighted by atomic mass is 10.1. The molecule has 0 radical (unpaired) electrons. The predicted molar refractivity (Wildman–Crippen MR) is 109 cm³/mol. The maximum absolute atomic E-state index is 12.6. The highest BCUT2D eigenvalue weighted by Gasteiger charge is 2.29. The Morgan fingerprint density at radius 1 is 1.15 bits per heavy atom. The number of amides is 1. The lowest BCUT2D eigenvalue weighted by Crippen LogP contribution is -2.19. The van der Waals surface area contributed by atoms with Gasteiger partial charge in [0.05, 0.1) is 5.69 Å². The number of nitrogens with one attached hydrogen (secondary N) is 1. The van der Waals surface area contributed by atoms with E-state index in [9.17, 15) is 4.79 Å². The van der Waals surface area contributed by atoms with Crippen LogP contribution < -0.4 is 5.32 Å². The number of carbonyl (C=O) groups excluding carboxylic acids is 1. The molecular weight excluding hydrogens is 381 g/mol. The third-order valence-electron chi connectivity index (χ3n) is 4.74. The minimum absolute atomic E-state index is 0.213. The van der Waals surface area contributed by atoms with Gasteiger partial charge in [-0.05, 0) is 55.2 Å². The Kier molecular flexibility index (Phi) is 4.94. The van der Waals surface area contributed by atoms with E-state index in [1.165, 1.54) is 12.8 Å². The van der Waals surface area contributed by atoms with Gasteiger partial charge in [0.2, 0.25) is 0 Å². The van der Waals surface area contributed by atoms with Crippen molar-refractivity contribution >= 4 is 29.1 Å². The van der Waals surface area contributed by atoms with E-state index in [-0.39, 0.29) is 5.91 Å². The second-order valence-electron chi connectivity index (χ2n) is 6.77. The molecule has 0 atom stereocenters. The predicted octanol–water partition coefficient (Wildman–Crippen LogP) is 5.16. The first-order valence-electron chi connectivity index (χ1n) is 8.92. The summed E-state index contributed by atoms with van der Waals surface area (Å²) in [6.45, 7) is 0. The fourth-order valence-electron chi connectivity index (χ4n) is 3.23. The molecule has 0 bridgehead atoms. The molecule has 1 fully saturated rings. The van der Waals surface area contributed by atoms with Crippen LogP contribution in [0.3, 0.4) is 0 Å². The number of imidazole rings is 1. The van der Waals surface area contributed by atoms with Gasteiger partial charge in [-0.1, -0.05) is 35.3 Å². The monoisotopic (exact) mass is 399 g/mol. The number of halogens is 2. The Bertz CT molecular complexity index is 991. The van der Waals surface area contributed by atoms with Gasteiger partial charge < -0.3 is 5.32 Å². The summed E-state index contributed by atoms with van der Waals surface area (Å²) in [4.78, 5) is 17.3. The fraction of sp³-hybridized carbons (Fsp3) is 0.238. The SMILES string of the molecule is CNC(=O)c1nc(CC2CC2)n(-c2ccc(Cl)cc2)c1-c1cccc(Cl)c1. The van der Waals surface area contributed by atoms with Gasteiger partial charge in [0, 0.05) is 34.8 Å². The van der Waals surface area contributed by atoms with Crippen molar-refractivity contribution in [1.82, 2.24) is 14.9 Å². The molecule has 1 aliphatic carbocycles. The Hall–Kier alpha value is -2.30. The number of nitrogens with zero attached hydrogens (tertiary/aromatic N) is 2. The van der Waals surface area contributed by atoms with E-state index >= 15 is 0 Å². The summed E-state index contributed by atoms with van der Waals surface area (Å²) in [6, 6.07) is 15.1. The maximum atomic E-state index is 12.6. The molecule has 1 N–H and O–H groups in total. The van der Waals surface area contributed by atoms with Gasteiger partial charge in [-0.3, -0.25) is 9.36 Å². The lowest BCUT2D eigenvalue weighted by molar-refractivity contribution is 0.0959. The number of rotatable bonds is 5. The topological polar surface area (TPSA) is 46.9 Å². The summed E-state index contributed by atoms with van der Waals surface area (Å²) in [5.74, 6) is 1.30. The summed E-state index contributed by atoms with van der Waals surface area (Å²) in [6.07, 6.45) is 3.25. The summed E-state index contributed by atoms with van der Waals surface area (Å²) in [5.41, 5.74) is 2.93. The van der Waals surface area contributed by atoms with Crippen molar-refractivity contribution in [2.75, 3.05) is 7.05 Å². The molecule has 1 amide bonds. The van der Waals surface area contributed by atoms with Gasteiger partial charge in [0.25, 0.3) is 5.91 Å². The minimum atomic E-state index is -0.213. The first-order valence-corrected chi connectivity index (χ1v) is 9.68. The molecule has 2 aromatic carbocycles. The van der Waals surface area contributed by atoms with Gasteiger partial charge in [0.1, 0.15) is 5.82 Å². The standard InChI is InChI=1S/C21H19Cl2N3O/c1-24-21(27)19-20(14-3-2-4-16(23)12-14)26(17-9-7-15(22)8-10-17)18(25-19)11-13-5-6-13/h2-4,7-10,12-13H,5-6,11H2,1H3,(H,24,27). The van der Waals surface area contributed by atoms with Crippen LogP contribution in [0, 0.1) is 5.92 Å². The van der Waals surface area contributed by atoms with Gasteiger partial charge in [-0.15, -0.1) is 0 Å². The fourth-order valence-corrected chi connectivity index (χ4v) is 3.55. The molecule has 4 rings (SSSR count). The van der Waals surface area contributed by atoms with Crippen LogP contribution >= 0.6 is 23.2 Å². The van der Waals surface area contributed by atoms with E-state index < -0.39 is 0 Å². The zero-order chi connectivity index (χ0) is 19.0. The van der Waals surface area contributed by atoms with Crippen molar-refractivity contribution in [3.63, 3.8) is 0 Å². The number of benzene rings is 2. The van der Waals surface area contributed by atoms with Gasteiger partial charge in [0.15, 0.2) is 5.69 Å². The van der Waals surface area contributed by atoms with Crippen LogP contribution in [-0.4, -0.2) is 22.5 Å². The highest BCUT2D eigenvalue weighted by atomic mass is 35.5. The molecule has 1 aromatic heterocycles. The molecule has 1 aliphatic rings. The number of aromatic nitrogens is 2. The summed E-state index contributed by atoms with van der Waals surface area (Å²) in [7, 11) is 1.62. The van der Waals surface area contributed by atoms with E-state index in [2.05, 4.69) is 9.88 Å². The molecule has 4 nitrogen and oxygen atoms in total. The van der Waals surface area contributed by atoms with Crippen molar-refractivity contribution in [2.45, 2.75) is 19.3 Å². The minimum Gasteiger partial charge on any atom is -0.354 e. The molecule has 27 heavy (non-hydrogen) atoms. The molecule has 1 heterocycles. The summed E-state index contributed by atoms with van der Waals surface area (Å²) >= 11 is 12.3. The van der Waals surface area contributed by atoms with Gasteiger partial charge >= 0.3 is 0 Å². The van der Waals surface area contributed by atoms with Crippen molar-refractivity contribution < 1.29 is 4.79 Å². The van der Waals surface area contributed by atoms with Crippen LogP contribution in [0.1, 0.15) is 29.2 Å². The first kappa shape index (κ1) is 18.1. The van der Waals surface area contributed by atoms with E-state index in [1.54, 1.807) is 7.05 Å². The molecule has 138 valence electrons. The van der Waals surface area contributed by atoms with Crippen LogP contribution in [0.2, 0.25) is 10.0 Å². The van der Waals surface area contributed by atoms with Crippen molar-refractivity contribution in [3.8, 4) is 16.9 Å². The second kappa shape index (κ2) is 7.37.